The van der Waals surface area contributed by atoms with E-state index in [1.807, 2.05) is 13.8 Å². The van der Waals surface area contributed by atoms with E-state index in [4.69, 9.17) is 4.74 Å². The second-order valence-electron chi connectivity index (χ2n) is 5.13. The Morgan fingerprint density at radius 1 is 1.43 bits per heavy atom. The molecule has 0 radical (unpaired) electrons. The van der Waals surface area contributed by atoms with Crippen LogP contribution >= 0.6 is 0 Å². The molecule has 0 aliphatic carbocycles. The number of morpholine rings is 1. The number of benzene rings is 1. The first-order valence-electron chi connectivity index (χ1n) is 6.82. The van der Waals surface area contributed by atoms with E-state index in [9.17, 15) is 14.9 Å². The van der Waals surface area contributed by atoms with E-state index in [0.717, 1.165) is 0 Å². The van der Waals surface area contributed by atoms with Gasteiger partial charge in [-0.2, -0.15) is 0 Å². The monoisotopic (exact) mass is 290 g/mol. The predicted molar refractivity (Wildman–Crippen MR) is 78.7 cm³/mol. The number of carbonyl (C=O) groups excluding carboxylic acids is 1. The van der Waals surface area contributed by atoms with Gasteiger partial charge in [-0.3, -0.25) is 14.9 Å². The van der Waals surface area contributed by atoms with Crippen molar-refractivity contribution in [3.8, 4) is 0 Å². The SMILES string of the molecule is C[C@@H]1CN(C(=O)/C=C\c2ccccc2[N+](=O)[O-])[C@@H](C)CO1. The van der Waals surface area contributed by atoms with Gasteiger partial charge in [0.25, 0.3) is 5.69 Å². The van der Waals surface area contributed by atoms with Crippen molar-refractivity contribution in [2.24, 2.45) is 0 Å². The molecule has 0 bridgehead atoms. The number of hydrogen-bond acceptors (Lipinski definition) is 4. The number of ether oxygens (including phenoxy) is 1. The molecule has 1 amide bonds. The highest BCUT2D eigenvalue weighted by molar-refractivity contribution is 5.92. The molecule has 2 rings (SSSR count). The van der Waals surface area contributed by atoms with Crippen LogP contribution in [0.1, 0.15) is 19.4 Å². The summed E-state index contributed by atoms with van der Waals surface area (Å²) < 4.78 is 5.48. The Morgan fingerprint density at radius 3 is 2.86 bits per heavy atom. The van der Waals surface area contributed by atoms with E-state index in [-0.39, 0.29) is 23.7 Å². The van der Waals surface area contributed by atoms with Crippen LogP contribution in [-0.4, -0.2) is 41.0 Å². The summed E-state index contributed by atoms with van der Waals surface area (Å²) in [4.78, 5) is 24.4. The topological polar surface area (TPSA) is 72.7 Å². The molecule has 1 aromatic rings. The van der Waals surface area contributed by atoms with Gasteiger partial charge in [0.2, 0.25) is 5.91 Å². The third kappa shape index (κ3) is 3.66. The fourth-order valence-electron chi connectivity index (χ4n) is 2.26. The summed E-state index contributed by atoms with van der Waals surface area (Å²) in [5.74, 6) is -0.157. The van der Waals surface area contributed by atoms with E-state index in [2.05, 4.69) is 0 Å². The molecule has 21 heavy (non-hydrogen) atoms. The average molecular weight is 290 g/mol. The van der Waals surface area contributed by atoms with Crippen LogP contribution in [-0.2, 0) is 9.53 Å². The molecule has 1 aliphatic rings. The second-order valence-corrected chi connectivity index (χ2v) is 5.13. The van der Waals surface area contributed by atoms with Gasteiger partial charge in [-0.1, -0.05) is 12.1 Å². The lowest BCUT2D eigenvalue weighted by Crippen LogP contribution is -2.49. The minimum atomic E-state index is -0.455. The van der Waals surface area contributed by atoms with Gasteiger partial charge in [-0.15, -0.1) is 0 Å². The minimum absolute atomic E-state index is 0.00380. The molecular weight excluding hydrogens is 272 g/mol. The molecule has 2 atom stereocenters. The fourth-order valence-corrected chi connectivity index (χ4v) is 2.26. The largest absolute Gasteiger partial charge is 0.375 e. The Balaban J connectivity index is 2.14. The van der Waals surface area contributed by atoms with Gasteiger partial charge in [0.1, 0.15) is 0 Å². The van der Waals surface area contributed by atoms with Crippen molar-refractivity contribution in [1.82, 2.24) is 4.90 Å². The number of nitrogens with zero attached hydrogens (tertiary/aromatic N) is 2. The van der Waals surface area contributed by atoms with Crippen molar-refractivity contribution in [3.05, 3.63) is 46.0 Å². The van der Waals surface area contributed by atoms with Gasteiger partial charge in [0, 0.05) is 18.7 Å². The fraction of sp³-hybridized carbons (Fsp3) is 0.400. The van der Waals surface area contributed by atoms with Crippen molar-refractivity contribution in [1.29, 1.82) is 0 Å². The Morgan fingerprint density at radius 2 is 2.14 bits per heavy atom. The van der Waals surface area contributed by atoms with E-state index < -0.39 is 4.92 Å². The first kappa shape index (κ1) is 15.2. The number of carbonyl (C=O) groups is 1. The van der Waals surface area contributed by atoms with Gasteiger partial charge in [-0.25, -0.2) is 0 Å². The zero-order chi connectivity index (χ0) is 15.4. The van der Waals surface area contributed by atoms with Crippen LogP contribution in [0.2, 0.25) is 0 Å². The Bertz CT molecular complexity index is 571. The zero-order valence-electron chi connectivity index (χ0n) is 12.1. The third-order valence-electron chi connectivity index (χ3n) is 3.43. The molecule has 1 aromatic carbocycles. The molecule has 0 spiro atoms. The smallest absolute Gasteiger partial charge is 0.276 e. The highest BCUT2D eigenvalue weighted by atomic mass is 16.6. The number of rotatable bonds is 3. The van der Waals surface area contributed by atoms with Crippen molar-refractivity contribution >= 4 is 17.7 Å². The van der Waals surface area contributed by atoms with Crippen LogP contribution in [0.3, 0.4) is 0 Å². The molecule has 6 nitrogen and oxygen atoms in total. The lowest BCUT2D eigenvalue weighted by atomic mass is 10.1. The summed E-state index contributed by atoms with van der Waals surface area (Å²) in [6.45, 7) is 4.87. The van der Waals surface area contributed by atoms with Crippen LogP contribution in [0.25, 0.3) is 6.08 Å². The maximum atomic E-state index is 12.2. The summed E-state index contributed by atoms with van der Waals surface area (Å²) in [5.41, 5.74) is 0.412. The highest BCUT2D eigenvalue weighted by Gasteiger charge is 2.26. The van der Waals surface area contributed by atoms with Gasteiger partial charge in [-0.05, 0) is 26.0 Å². The van der Waals surface area contributed by atoms with Crippen molar-refractivity contribution in [2.45, 2.75) is 26.0 Å². The van der Waals surface area contributed by atoms with Crippen molar-refractivity contribution in [3.63, 3.8) is 0 Å². The Kier molecular flexibility index (Phi) is 4.70. The molecule has 112 valence electrons. The molecule has 1 fully saturated rings. The Hall–Kier alpha value is -2.21. The van der Waals surface area contributed by atoms with Crippen LogP contribution in [0, 0.1) is 10.1 Å². The molecular formula is C15H18N2O4. The molecule has 0 aromatic heterocycles. The summed E-state index contributed by atoms with van der Waals surface area (Å²) in [5, 5.41) is 10.9. The number of para-hydroxylation sites is 1. The highest BCUT2D eigenvalue weighted by Crippen LogP contribution is 2.19. The zero-order valence-corrected chi connectivity index (χ0v) is 12.1. The average Bonchev–Trinajstić information content (AvgIpc) is 2.47. The first-order chi connectivity index (χ1) is 9.99. The summed E-state index contributed by atoms with van der Waals surface area (Å²) in [6.07, 6.45) is 2.88. The van der Waals surface area contributed by atoms with Gasteiger partial charge in [0.15, 0.2) is 0 Å². The molecule has 0 saturated carbocycles. The molecule has 0 N–H and O–H groups in total. The number of nitro groups is 1. The Labute approximate surface area is 123 Å². The summed E-state index contributed by atoms with van der Waals surface area (Å²) >= 11 is 0. The second kappa shape index (κ2) is 6.49. The lowest BCUT2D eigenvalue weighted by molar-refractivity contribution is -0.385. The maximum Gasteiger partial charge on any atom is 0.276 e. The van der Waals surface area contributed by atoms with E-state index in [1.54, 1.807) is 23.1 Å². The first-order valence-corrected chi connectivity index (χ1v) is 6.82. The lowest BCUT2D eigenvalue weighted by Gasteiger charge is -2.36. The minimum Gasteiger partial charge on any atom is -0.375 e. The standard InChI is InChI=1S/C15H18N2O4/c1-11-10-21-12(2)9-16(11)15(18)8-7-13-5-3-4-6-14(13)17(19)20/h3-8,11-12H,9-10H2,1-2H3/b8-7-/t11-,12+/m0/s1. The van der Waals surface area contributed by atoms with E-state index in [0.29, 0.717) is 18.7 Å². The van der Waals surface area contributed by atoms with Crippen LogP contribution < -0.4 is 0 Å². The van der Waals surface area contributed by atoms with E-state index >= 15 is 0 Å². The van der Waals surface area contributed by atoms with Crippen molar-refractivity contribution < 1.29 is 14.5 Å². The summed E-state index contributed by atoms with van der Waals surface area (Å²) in [6, 6.07) is 6.35. The maximum absolute atomic E-state index is 12.2. The molecule has 1 aliphatic heterocycles. The van der Waals surface area contributed by atoms with Crippen LogP contribution in [0.15, 0.2) is 30.3 Å². The molecule has 1 heterocycles. The van der Waals surface area contributed by atoms with Crippen LogP contribution in [0.4, 0.5) is 5.69 Å². The molecule has 6 heteroatoms. The third-order valence-corrected chi connectivity index (χ3v) is 3.43. The number of amides is 1. The van der Waals surface area contributed by atoms with Crippen LogP contribution in [0.5, 0.6) is 0 Å². The number of hydrogen-bond donors (Lipinski definition) is 0. The number of nitro benzene ring substituents is 1. The van der Waals surface area contributed by atoms with Gasteiger partial charge in [0.05, 0.1) is 29.2 Å². The summed E-state index contributed by atoms with van der Waals surface area (Å²) in [7, 11) is 0. The quantitative estimate of drug-likeness (QED) is 0.486. The molecule has 1 saturated heterocycles. The van der Waals surface area contributed by atoms with Gasteiger partial charge >= 0.3 is 0 Å². The predicted octanol–water partition coefficient (Wildman–Crippen LogP) is 2.24. The van der Waals surface area contributed by atoms with Crippen molar-refractivity contribution in [2.75, 3.05) is 13.2 Å². The molecule has 0 unspecified atom stereocenters. The van der Waals surface area contributed by atoms with E-state index in [1.165, 1.54) is 18.2 Å². The normalized spacial score (nSPS) is 22.5. The van der Waals surface area contributed by atoms with Gasteiger partial charge < -0.3 is 9.64 Å².